The zero-order valence-corrected chi connectivity index (χ0v) is 67.8. The number of aromatic nitrogens is 4. The van der Waals surface area contributed by atoms with E-state index in [1.54, 1.807) is 91.8 Å². The second-order valence-corrected chi connectivity index (χ2v) is 32.8. The highest BCUT2D eigenvalue weighted by molar-refractivity contribution is 9.10. The number of aliphatic hydroxyl groups is 1. The molecule has 25 heteroatoms. The number of carbonyl (C=O) groups is 1. The number of halogens is 3. The van der Waals surface area contributed by atoms with Crippen LogP contribution in [0.4, 0.5) is 5.69 Å². The van der Waals surface area contributed by atoms with E-state index in [2.05, 4.69) is 39.5 Å². The summed E-state index contributed by atoms with van der Waals surface area (Å²) < 4.78 is 58.9. The molecule has 0 atom stereocenters. The Morgan fingerprint density at radius 1 is 0.509 bits per heavy atom. The van der Waals surface area contributed by atoms with Crippen LogP contribution in [0, 0.1) is 27.7 Å². The molecule has 19 nitrogen and oxygen atoms in total. The molecule has 2 aliphatic rings. The van der Waals surface area contributed by atoms with Crippen molar-refractivity contribution in [2.24, 2.45) is 0 Å². The van der Waals surface area contributed by atoms with E-state index in [4.69, 9.17) is 57.7 Å². The number of sulfone groups is 1. The summed E-state index contributed by atoms with van der Waals surface area (Å²) in [6.45, 7) is 10.0. The summed E-state index contributed by atoms with van der Waals surface area (Å²) in [6, 6.07) is 62.4. The Labute approximate surface area is 681 Å². The third kappa shape index (κ3) is 16.8. The summed E-state index contributed by atoms with van der Waals surface area (Å²) in [5.41, 5.74) is 18.4. The fourth-order valence-corrected chi connectivity index (χ4v) is 17.1. The maximum Gasteiger partial charge on any atom is 0.335 e. The maximum atomic E-state index is 13.4. The number of aromatic carboxylic acids is 1. The van der Waals surface area contributed by atoms with Crippen molar-refractivity contribution in [1.29, 1.82) is 0 Å². The highest BCUT2D eigenvalue weighted by atomic mass is 79.9. The SMILES string of the molecule is Cc1c(-c2ccsc2)c2cc(Cl)ccc2c(=O)n1Cc1ccc2c(c1)OCO2.Cc1c(-c2sccc2CO)c2cc(Cl)ccc2c(=O)n1Cc1ccc(C(=O)O)cc1.Cc1c(N)c2ccccc2c(=O)n1Cc1ccc(S(C)(=O)=O)cc1.Cc1c(OCCc2ccccc2)c2cc(Br)ccc2c(=O)n1Cc1ccc2c(c1)OCO2. The number of ether oxygens (including phenoxy) is 5. The second-order valence-electron chi connectivity index (χ2n) is 27.3. The number of hydrogen-bond donors (Lipinski definition) is 3. The molecule has 0 spiro atoms. The minimum atomic E-state index is -3.23. The summed E-state index contributed by atoms with van der Waals surface area (Å²) >= 11 is 19.2. The van der Waals surface area contributed by atoms with Gasteiger partial charge < -0.3 is 57.9 Å². The first-order valence-electron chi connectivity index (χ1n) is 36.0. The Balaban J connectivity index is 0.000000126. The molecule has 114 heavy (non-hydrogen) atoms. The van der Waals surface area contributed by atoms with Crippen LogP contribution >= 0.6 is 61.8 Å². The number of nitrogen functional groups attached to an aromatic ring is 1. The van der Waals surface area contributed by atoms with E-state index in [0.717, 1.165) is 116 Å². The number of nitrogens with zero attached hydrogens (tertiary/aromatic N) is 4. The van der Waals surface area contributed by atoms with Crippen molar-refractivity contribution >= 4 is 126 Å². The normalized spacial score (nSPS) is 12.0. The zero-order valence-electron chi connectivity index (χ0n) is 62.2. The molecule has 0 saturated carbocycles. The van der Waals surface area contributed by atoms with Gasteiger partial charge in [-0.1, -0.05) is 124 Å². The van der Waals surface area contributed by atoms with Gasteiger partial charge >= 0.3 is 5.97 Å². The van der Waals surface area contributed by atoms with Crippen molar-refractivity contribution in [3.63, 3.8) is 0 Å². The molecular weight excluding hydrogens is 1610 g/mol. The predicted molar refractivity (Wildman–Crippen MR) is 457 cm³/mol. The lowest BCUT2D eigenvalue weighted by Crippen LogP contribution is -2.24. The fourth-order valence-electron chi connectivity index (χ4n) is 14.1. The fraction of sp³-hybridized carbons (Fsp3) is 0.157. The number of rotatable bonds is 17. The van der Waals surface area contributed by atoms with Crippen molar-refractivity contribution in [2.75, 3.05) is 32.2 Å². The van der Waals surface area contributed by atoms with Gasteiger partial charge in [0, 0.05) is 87.2 Å². The third-order valence-electron chi connectivity index (χ3n) is 20.1. The molecule has 0 aliphatic carbocycles. The van der Waals surface area contributed by atoms with Gasteiger partial charge in [-0.05, 0) is 215 Å². The number of fused-ring (bicyclic) bond motifs is 6. The number of carboxylic acids is 1. The van der Waals surface area contributed by atoms with Crippen LogP contribution < -0.4 is 51.7 Å². The smallest absolute Gasteiger partial charge is 0.335 e. The lowest BCUT2D eigenvalue weighted by molar-refractivity contribution is 0.0696. The Morgan fingerprint density at radius 2 is 0.991 bits per heavy atom. The molecule has 15 aromatic rings. The van der Waals surface area contributed by atoms with Crippen LogP contribution in [0.1, 0.15) is 66.5 Å². The van der Waals surface area contributed by atoms with Crippen LogP contribution in [0.5, 0.6) is 28.7 Å². The molecule has 0 unspecified atom stereocenters. The summed E-state index contributed by atoms with van der Waals surface area (Å²) in [4.78, 5) is 65.0. The molecule has 578 valence electrons. The topological polar surface area (TPSA) is 252 Å². The third-order valence-corrected chi connectivity index (χ3v) is 23.9. The molecule has 0 radical (unpaired) electrons. The maximum absolute atomic E-state index is 13.4. The molecule has 2 aliphatic heterocycles. The summed E-state index contributed by atoms with van der Waals surface area (Å²) in [6.07, 6.45) is 1.96. The average Bonchev–Trinajstić information content (AvgIpc) is 1.77. The van der Waals surface area contributed by atoms with Gasteiger partial charge in [-0.25, -0.2) is 13.2 Å². The quantitative estimate of drug-likeness (QED) is 0.0766. The van der Waals surface area contributed by atoms with E-state index in [-0.39, 0.29) is 52.9 Å². The van der Waals surface area contributed by atoms with Crippen molar-refractivity contribution in [3.8, 4) is 50.3 Å². The molecule has 4 N–H and O–H groups in total. The van der Waals surface area contributed by atoms with Crippen LogP contribution in [0.2, 0.25) is 10.0 Å². The van der Waals surface area contributed by atoms with E-state index in [9.17, 15) is 37.5 Å². The van der Waals surface area contributed by atoms with Gasteiger partial charge in [0.2, 0.25) is 13.6 Å². The lowest BCUT2D eigenvalue weighted by Gasteiger charge is -2.18. The van der Waals surface area contributed by atoms with Gasteiger partial charge in [0.05, 0.1) is 66.6 Å². The number of pyridine rings is 4. The molecule has 9 aromatic carbocycles. The first-order chi connectivity index (χ1) is 54.9. The number of aliphatic hydroxyl groups excluding tert-OH is 1. The van der Waals surface area contributed by atoms with E-state index < -0.39 is 15.8 Å². The van der Waals surface area contributed by atoms with E-state index >= 15 is 0 Å². The Kier molecular flexibility index (Phi) is 23.6. The van der Waals surface area contributed by atoms with Crippen molar-refractivity contribution < 1.29 is 47.1 Å². The van der Waals surface area contributed by atoms with Crippen LogP contribution in [0.15, 0.2) is 251 Å². The minimum Gasteiger partial charge on any atom is -0.491 e. The van der Waals surface area contributed by atoms with Crippen LogP contribution in [-0.2, 0) is 49.0 Å². The first kappa shape index (κ1) is 79.1. The van der Waals surface area contributed by atoms with Crippen molar-refractivity contribution in [1.82, 2.24) is 18.3 Å². The first-order valence-corrected chi connectivity index (χ1v) is 41.3. The second kappa shape index (κ2) is 34.0. The average molecular weight is 1680 g/mol. The largest absolute Gasteiger partial charge is 0.491 e. The molecule has 0 amide bonds. The van der Waals surface area contributed by atoms with Gasteiger partial charge in [0.1, 0.15) is 5.75 Å². The van der Waals surface area contributed by atoms with Crippen LogP contribution in [-0.4, -0.2) is 69.3 Å². The number of nitrogens with two attached hydrogens (primary N) is 1. The number of carboxylic acid groups (broad SMARTS) is 1. The highest BCUT2D eigenvalue weighted by Crippen LogP contribution is 2.41. The molecule has 6 aromatic heterocycles. The predicted octanol–water partition coefficient (Wildman–Crippen LogP) is 18.2. The Morgan fingerprint density at radius 3 is 1.54 bits per heavy atom. The monoisotopic (exact) mass is 1680 g/mol. The van der Waals surface area contributed by atoms with E-state index in [0.29, 0.717) is 87.3 Å². The molecule has 8 heterocycles. The molecule has 0 saturated heterocycles. The van der Waals surface area contributed by atoms with Gasteiger partial charge in [0.25, 0.3) is 22.2 Å². The molecule has 0 fully saturated rings. The van der Waals surface area contributed by atoms with Crippen molar-refractivity contribution in [2.45, 2.75) is 71.8 Å². The Bertz CT molecular complexity index is 6610. The number of thiophene rings is 2. The van der Waals surface area contributed by atoms with Gasteiger partial charge in [0.15, 0.2) is 32.8 Å². The molecular formula is C89H74BrCl2N5O14S3. The van der Waals surface area contributed by atoms with Gasteiger partial charge in [-0.3, -0.25) is 19.2 Å². The highest BCUT2D eigenvalue weighted by Gasteiger charge is 2.24. The number of benzene rings is 9. The van der Waals surface area contributed by atoms with Crippen molar-refractivity contribution in [3.05, 3.63) is 340 Å². The van der Waals surface area contributed by atoms with Gasteiger partial charge in [-0.15, -0.1) is 11.3 Å². The van der Waals surface area contributed by atoms with E-state index in [1.165, 1.54) is 35.3 Å². The summed E-state index contributed by atoms with van der Waals surface area (Å²) in [5.74, 6) is 2.63. The van der Waals surface area contributed by atoms with Crippen LogP contribution in [0.25, 0.3) is 64.7 Å². The minimum absolute atomic E-state index is 0.0270. The van der Waals surface area contributed by atoms with Gasteiger partial charge in [-0.2, -0.15) is 11.3 Å². The standard InChI is InChI=1S/C26H22BrNO4.C23H18ClNO4S.C22H16ClNO3S.C18H18N2O3S/c1-17-25(30-12-11-18-5-3-2-4-6-18)22-14-20(27)8-9-21(22)26(29)28(17)15-19-7-10-23-24(13-19)32-16-31-23;1-13-20(21-16(12-26)8-9-30-21)19-10-17(24)6-7-18(19)22(27)25(13)11-14-2-4-15(5-3-14)23(28)29;1-13-21(15-6-7-28-11-15)18-9-16(23)3-4-17(18)22(25)24(13)10-14-2-5-19-20(8-14)27-12-26-19;1-12-17(19)15-5-3-4-6-16(15)18(21)20(12)11-13-7-9-14(10-8-13)24(2,22)23/h2-10,13-14H,11-12,15-16H2,1H3;2-10,26H,11-12H2,1H3,(H,28,29);2-9,11H,10,12H2,1H3;3-10H,11,19H2,1-2H3. The summed E-state index contributed by atoms with van der Waals surface area (Å²) in [7, 11) is -3.23. The number of hydrogen-bond acceptors (Lipinski definition) is 16. The van der Waals surface area contributed by atoms with Crippen LogP contribution in [0.3, 0.4) is 0 Å². The number of anilines is 1. The summed E-state index contributed by atoms with van der Waals surface area (Å²) in [5, 5.41) is 31.7. The zero-order chi connectivity index (χ0) is 80.2. The molecule has 0 bridgehead atoms. The lowest BCUT2D eigenvalue weighted by atomic mass is 9.99. The Hall–Kier alpha value is -11.5. The van der Waals surface area contributed by atoms with E-state index in [1.807, 2.05) is 152 Å². The molecule has 17 rings (SSSR count).